The second-order valence-electron chi connectivity index (χ2n) is 1.95. The fourth-order valence-electron chi connectivity index (χ4n) is 0.464. The van der Waals surface area contributed by atoms with Crippen molar-refractivity contribution in [2.45, 2.75) is 19.4 Å². The molecule has 0 aliphatic carbocycles. The van der Waals surface area contributed by atoms with Crippen LogP contribution in [0.3, 0.4) is 0 Å². The van der Waals surface area contributed by atoms with Gasteiger partial charge in [0.05, 0.1) is 0 Å². The number of carbonyl (C=O) groups excluding carboxylic acids is 2. The van der Waals surface area contributed by atoms with Crippen molar-refractivity contribution in [1.29, 1.82) is 0 Å². The third-order valence-corrected chi connectivity index (χ3v) is 0.906. The van der Waals surface area contributed by atoms with Gasteiger partial charge in [0.1, 0.15) is 0 Å². The first kappa shape index (κ1) is 14.4. The van der Waals surface area contributed by atoms with Crippen LogP contribution in [-0.2, 0) is 14.3 Å². The van der Waals surface area contributed by atoms with Gasteiger partial charge in [-0.05, 0) is 0 Å². The normalized spacial score (nSPS) is 10.8. The Labute approximate surface area is 92.9 Å². The molecule has 64 valence electrons. The summed E-state index contributed by atoms with van der Waals surface area (Å²) in [6, 6.07) is 0. The first-order valence-corrected chi connectivity index (χ1v) is 3.09. The van der Waals surface area contributed by atoms with Crippen molar-refractivity contribution in [3.63, 3.8) is 0 Å². The minimum absolute atomic E-state index is 0. The Hall–Kier alpha value is -0.160. The van der Waals surface area contributed by atoms with Gasteiger partial charge in [-0.3, -0.25) is 4.79 Å². The molecule has 0 aromatic heterocycles. The summed E-state index contributed by atoms with van der Waals surface area (Å²) in [4.78, 5) is 20.8. The molecule has 0 saturated carbocycles. The molecule has 0 aliphatic rings. The van der Waals surface area contributed by atoms with Gasteiger partial charge in [0.25, 0.3) is 0 Å². The number of hydrogen-bond acceptors (Lipinski definition) is 4. The molecule has 0 bridgehead atoms. The molecule has 1 unspecified atom stereocenters. The summed E-state index contributed by atoms with van der Waals surface area (Å²) in [7, 11) is 0. The maximum absolute atomic E-state index is 10.6. The molecule has 5 heteroatoms. The van der Waals surface area contributed by atoms with Gasteiger partial charge in [0.2, 0.25) is 0 Å². The van der Waals surface area contributed by atoms with Gasteiger partial charge in [-0.25, -0.2) is 4.79 Å². The van der Waals surface area contributed by atoms with Crippen LogP contribution in [-0.4, -0.2) is 52.7 Å². The van der Waals surface area contributed by atoms with Crippen molar-refractivity contribution < 1.29 is 19.4 Å². The van der Waals surface area contributed by atoms with Gasteiger partial charge >= 0.3 is 41.5 Å². The van der Waals surface area contributed by atoms with Crippen LogP contribution < -0.4 is 0 Å². The second kappa shape index (κ2) is 7.49. The van der Waals surface area contributed by atoms with E-state index in [1.807, 2.05) is 0 Å². The van der Waals surface area contributed by atoms with Gasteiger partial charge in [0, 0.05) is 13.3 Å². The van der Waals surface area contributed by atoms with Crippen LogP contribution in [0.2, 0.25) is 0 Å². The monoisotopic (exact) mass is 182 g/mol. The number of rotatable bonds is 3. The van der Waals surface area contributed by atoms with E-state index in [1.165, 1.54) is 6.08 Å². The molecule has 1 atom stereocenters. The van der Waals surface area contributed by atoms with E-state index in [4.69, 9.17) is 5.11 Å². The Morgan fingerprint density at radius 2 is 2.17 bits per heavy atom. The molecule has 4 nitrogen and oxygen atoms in total. The molecule has 0 aromatic rings. The zero-order valence-electron chi connectivity index (χ0n) is 6.24. The van der Waals surface area contributed by atoms with Crippen molar-refractivity contribution in [2.75, 3.05) is 0 Å². The van der Waals surface area contributed by atoms with Crippen molar-refractivity contribution in [1.82, 2.24) is 0 Å². The van der Waals surface area contributed by atoms with Crippen molar-refractivity contribution >= 4 is 41.5 Å². The summed E-state index contributed by atoms with van der Waals surface area (Å²) in [6.07, 6.45) is 0.175. The number of carbonyl (C=O) groups is 2. The van der Waals surface area contributed by atoms with Gasteiger partial charge in [0.15, 0.2) is 6.10 Å². The van der Waals surface area contributed by atoms with Gasteiger partial charge in [-0.1, -0.05) is 6.08 Å². The van der Waals surface area contributed by atoms with Gasteiger partial charge < -0.3 is 9.84 Å². The molecular formula is C7H11NaO4. The molecular weight excluding hydrogens is 171 g/mol. The van der Waals surface area contributed by atoms with E-state index in [9.17, 15) is 9.59 Å². The Balaban J connectivity index is 0. The zero-order chi connectivity index (χ0) is 8.85. The van der Waals surface area contributed by atoms with Crippen LogP contribution in [0, 0.1) is 0 Å². The molecule has 0 amide bonds. The van der Waals surface area contributed by atoms with Crippen LogP contribution in [0.15, 0.2) is 12.7 Å². The summed E-state index contributed by atoms with van der Waals surface area (Å²) in [5.74, 6) is -1.66. The molecule has 0 aromatic carbocycles. The van der Waals surface area contributed by atoms with Crippen molar-refractivity contribution in [2.24, 2.45) is 0 Å². The van der Waals surface area contributed by atoms with Gasteiger partial charge in [-0.2, -0.15) is 0 Å². The fraction of sp³-hybridized carbons (Fsp3) is 0.429. The summed E-state index contributed by atoms with van der Waals surface area (Å²) in [6.45, 7) is 4.41. The van der Waals surface area contributed by atoms with Crippen LogP contribution in [0.5, 0.6) is 0 Å². The van der Waals surface area contributed by atoms with Gasteiger partial charge in [-0.15, -0.1) is 6.58 Å². The summed E-state index contributed by atoms with van der Waals surface area (Å²) in [5.41, 5.74) is 0. The first-order chi connectivity index (χ1) is 5.07. The van der Waals surface area contributed by atoms with Crippen LogP contribution in [0.4, 0.5) is 0 Å². The predicted octanol–water partition coefficient (Wildman–Crippen LogP) is -0.635. The number of esters is 2. The Morgan fingerprint density at radius 3 is 2.50 bits per heavy atom. The third-order valence-electron chi connectivity index (χ3n) is 0.906. The number of aliphatic hydroxyl groups is 1. The Morgan fingerprint density at radius 1 is 1.67 bits per heavy atom. The molecule has 0 heterocycles. The van der Waals surface area contributed by atoms with Crippen LogP contribution in [0.25, 0.3) is 0 Å². The van der Waals surface area contributed by atoms with E-state index in [0.29, 0.717) is 0 Å². The molecule has 0 spiro atoms. The average molecular weight is 182 g/mol. The average Bonchev–Trinajstić information content (AvgIpc) is 1.86. The molecule has 0 radical (unpaired) electrons. The van der Waals surface area contributed by atoms with E-state index >= 15 is 0 Å². The fourth-order valence-corrected chi connectivity index (χ4v) is 0.464. The molecule has 1 N–H and O–H groups in total. The minimum atomic E-state index is -1.28. The Bertz CT molecular complexity index is 178. The van der Waals surface area contributed by atoms with Crippen LogP contribution in [0.1, 0.15) is 13.3 Å². The standard InChI is InChI=1S/C7H10O4.Na.H/c1-3-4-6(9)7(10)11-5(2)8;;/h3,6,9H,1,4H2,2H3;;. The SMILES string of the molecule is C=CCC(O)C(=O)OC(C)=O.[NaH]. The zero-order valence-corrected chi connectivity index (χ0v) is 6.24. The van der Waals surface area contributed by atoms with E-state index in [2.05, 4.69) is 11.3 Å². The first-order valence-electron chi connectivity index (χ1n) is 3.09. The molecule has 0 rings (SSSR count). The quantitative estimate of drug-likeness (QED) is 0.273. The third kappa shape index (κ3) is 6.54. The Kier molecular flexibility index (Phi) is 8.97. The molecule has 0 fully saturated rings. The molecule has 12 heavy (non-hydrogen) atoms. The van der Waals surface area contributed by atoms with Crippen molar-refractivity contribution in [3.05, 3.63) is 12.7 Å². The molecule has 0 saturated heterocycles. The van der Waals surface area contributed by atoms with E-state index in [0.717, 1.165) is 6.92 Å². The van der Waals surface area contributed by atoms with E-state index < -0.39 is 18.0 Å². The van der Waals surface area contributed by atoms with Crippen LogP contribution >= 0.6 is 0 Å². The van der Waals surface area contributed by atoms with Crippen molar-refractivity contribution in [3.8, 4) is 0 Å². The number of aliphatic hydroxyl groups excluding tert-OH is 1. The number of ether oxygens (including phenoxy) is 1. The maximum atomic E-state index is 10.6. The number of hydrogen-bond donors (Lipinski definition) is 1. The second-order valence-corrected chi connectivity index (χ2v) is 1.95. The topological polar surface area (TPSA) is 63.6 Å². The van der Waals surface area contributed by atoms with E-state index in [1.54, 1.807) is 0 Å². The summed E-state index contributed by atoms with van der Waals surface area (Å²) < 4.78 is 4.09. The molecule has 0 aliphatic heterocycles. The summed E-state index contributed by atoms with van der Waals surface area (Å²) >= 11 is 0. The predicted molar refractivity (Wildman–Crippen MR) is 44.7 cm³/mol. The summed E-state index contributed by atoms with van der Waals surface area (Å²) in [5, 5.41) is 8.87. The van der Waals surface area contributed by atoms with E-state index in [-0.39, 0.29) is 36.0 Å².